The number of likely N-dealkylation sites (tertiary alicyclic amines) is 1. The molecule has 3 aromatic rings. The molecule has 0 saturated carbocycles. The molecule has 0 atom stereocenters. The monoisotopic (exact) mass is 427 g/mol. The molecule has 2 heterocycles. The average molecular weight is 428 g/mol. The molecule has 1 aromatic heterocycles. The highest BCUT2D eigenvalue weighted by Gasteiger charge is 2.21. The van der Waals surface area contributed by atoms with Crippen LogP contribution in [0.4, 0.5) is 5.69 Å². The minimum absolute atomic E-state index is 0.0278. The fourth-order valence-corrected chi connectivity index (χ4v) is 4.30. The molecular weight excluding hydrogens is 398 g/mol. The van der Waals surface area contributed by atoms with Crippen molar-refractivity contribution in [2.24, 2.45) is 0 Å². The summed E-state index contributed by atoms with van der Waals surface area (Å²) in [6.07, 6.45) is 4.12. The summed E-state index contributed by atoms with van der Waals surface area (Å²) in [5.74, 6) is 0.599. The Hall–Kier alpha value is -3.47. The fraction of sp³-hybridized carbons (Fsp3) is 0.296. The van der Waals surface area contributed by atoms with E-state index in [2.05, 4.69) is 28.5 Å². The number of nitrogens with one attached hydrogen (secondary N) is 1. The molecule has 5 heteroatoms. The Morgan fingerprint density at radius 2 is 1.66 bits per heavy atom. The van der Waals surface area contributed by atoms with Crippen molar-refractivity contribution in [3.8, 4) is 11.1 Å². The molecule has 4 rings (SSSR count). The van der Waals surface area contributed by atoms with Gasteiger partial charge in [0.15, 0.2) is 0 Å². The molecule has 0 radical (unpaired) electrons. The van der Waals surface area contributed by atoms with Crippen molar-refractivity contribution >= 4 is 17.5 Å². The molecule has 0 aliphatic carbocycles. The van der Waals surface area contributed by atoms with Crippen molar-refractivity contribution in [2.45, 2.75) is 39.0 Å². The second kappa shape index (κ2) is 9.77. The topological polar surface area (TPSA) is 62.3 Å². The van der Waals surface area contributed by atoms with Gasteiger partial charge in [0.1, 0.15) is 0 Å². The highest BCUT2D eigenvalue weighted by atomic mass is 16.2. The summed E-state index contributed by atoms with van der Waals surface area (Å²) >= 11 is 0. The fourth-order valence-electron chi connectivity index (χ4n) is 4.30. The van der Waals surface area contributed by atoms with Crippen LogP contribution < -0.4 is 5.32 Å². The Morgan fingerprint density at radius 3 is 2.28 bits per heavy atom. The van der Waals surface area contributed by atoms with E-state index in [-0.39, 0.29) is 11.8 Å². The van der Waals surface area contributed by atoms with Gasteiger partial charge in [-0.1, -0.05) is 36.4 Å². The van der Waals surface area contributed by atoms with Crippen LogP contribution in [0.1, 0.15) is 42.5 Å². The van der Waals surface area contributed by atoms with Crippen LogP contribution in [0.5, 0.6) is 0 Å². The molecule has 164 valence electrons. The van der Waals surface area contributed by atoms with Crippen molar-refractivity contribution in [2.75, 3.05) is 18.4 Å². The standard InChI is InChI=1S/C27H29N3O2/c1-19-17-25(11-14-28-19)23-5-3-21(4-6-23)18-27(32)29-26-9-7-22(8-10-26)24-12-15-30(16-13-24)20(2)31/h3-11,14,17,24H,12-13,15-16,18H2,1-2H3,(H,29,32). The average Bonchev–Trinajstić information content (AvgIpc) is 2.80. The number of benzene rings is 2. The molecule has 5 nitrogen and oxygen atoms in total. The van der Waals surface area contributed by atoms with E-state index < -0.39 is 0 Å². The third-order valence-electron chi connectivity index (χ3n) is 6.15. The molecule has 1 aliphatic rings. The first-order valence-electron chi connectivity index (χ1n) is 11.2. The first-order valence-corrected chi connectivity index (χ1v) is 11.2. The van der Waals surface area contributed by atoms with E-state index in [4.69, 9.17) is 0 Å². The third kappa shape index (κ3) is 5.41. The van der Waals surface area contributed by atoms with Gasteiger partial charge in [-0.3, -0.25) is 14.6 Å². The van der Waals surface area contributed by atoms with Gasteiger partial charge in [-0.2, -0.15) is 0 Å². The van der Waals surface area contributed by atoms with E-state index in [0.29, 0.717) is 12.3 Å². The van der Waals surface area contributed by atoms with E-state index in [1.807, 2.05) is 60.5 Å². The molecule has 1 N–H and O–H groups in total. The van der Waals surface area contributed by atoms with Gasteiger partial charge in [-0.25, -0.2) is 0 Å². The van der Waals surface area contributed by atoms with Crippen LogP contribution in [0.25, 0.3) is 11.1 Å². The third-order valence-corrected chi connectivity index (χ3v) is 6.15. The Bertz CT molecular complexity index is 1080. The van der Waals surface area contributed by atoms with Crippen LogP contribution in [-0.4, -0.2) is 34.8 Å². The number of anilines is 1. The molecule has 1 fully saturated rings. The normalized spacial score (nSPS) is 14.2. The second-order valence-corrected chi connectivity index (χ2v) is 8.51. The molecule has 2 amide bonds. The number of aryl methyl sites for hydroxylation is 1. The smallest absolute Gasteiger partial charge is 0.228 e. The Balaban J connectivity index is 1.31. The van der Waals surface area contributed by atoms with Gasteiger partial charge < -0.3 is 10.2 Å². The van der Waals surface area contributed by atoms with E-state index >= 15 is 0 Å². The summed E-state index contributed by atoms with van der Waals surface area (Å²) in [4.78, 5) is 30.2. The Kier molecular flexibility index (Phi) is 6.64. The van der Waals surface area contributed by atoms with Gasteiger partial charge in [-0.05, 0) is 72.2 Å². The predicted octanol–water partition coefficient (Wildman–Crippen LogP) is 4.96. The number of piperidine rings is 1. The van der Waals surface area contributed by atoms with Crippen LogP contribution in [-0.2, 0) is 16.0 Å². The number of rotatable bonds is 5. The molecule has 0 bridgehead atoms. The number of nitrogens with zero attached hydrogens (tertiary/aromatic N) is 2. The summed E-state index contributed by atoms with van der Waals surface area (Å²) < 4.78 is 0. The summed E-state index contributed by atoms with van der Waals surface area (Å²) in [5, 5.41) is 3.00. The van der Waals surface area contributed by atoms with Crippen molar-refractivity contribution in [1.29, 1.82) is 0 Å². The van der Waals surface area contributed by atoms with E-state index in [0.717, 1.165) is 54.0 Å². The number of carbonyl (C=O) groups is 2. The number of hydrogen-bond donors (Lipinski definition) is 1. The van der Waals surface area contributed by atoms with Gasteiger partial charge in [0.05, 0.1) is 6.42 Å². The first kappa shape index (κ1) is 21.8. The molecule has 2 aromatic carbocycles. The van der Waals surface area contributed by atoms with Crippen LogP contribution in [0.3, 0.4) is 0 Å². The van der Waals surface area contributed by atoms with Gasteiger partial charge in [0, 0.05) is 37.6 Å². The minimum Gasteiger partial charge on any atom is -0.343 e. The van der Waals surface area contributed by atoms with Crippen LogP contribution in [0.2, 0.25) is 0 Å². The quantitative estimate of drug-likeness (QED) is 0.626. The van der Waals surface area contributed by atoms with Crippen molar-refractivity contribution in [3.63, 3.8) is 0 Å². The van der Waals surface area contributed by atoms with Crippen LogP contribution >= 0.6 is 0 Å². The van der Waals surface area contributed by atoms with Crippen LogP contribution in [0.15, 0.2) is 66.9 Å². The maximum absolute atomic E-state index is 12.5. The molecule has 0 unspecified atom stereocenters. The van der Waals surface area contributed by atoms with E-state index in [1.54, 1.807) is 6.92 Å². The van der Waals surface area contributed by atoms with Gasteiger partial charge in [-0.15, -0.1) is 0 Å². The van der Waals surface area contributed by atoms with Crippen molar-refractivity contribution < 1.29 is 9.59 Å². The number of pyridine rings is 1. The number of amides is 2. The largest absolute Gasteiger partial charge is 0.343 e. The first-order chi connectivity index (χ1) is 15.5. The molecule has 32 heavy (non-hydrogen) atoms. The van der Waals surface area contributed by atoms with Gasteiger partial charge in [0.25, 0.3) is 0 Å². The lowest BCUT2D eigenvalue weighted by molar-refractivity contribution is -0.129. The lowest BCUT2D eigenvalue weighted by atomic mass is 9.89. The highest BCUT2D eigenvalue weighted by Crippen LogP contribution is 2.29. The lowest BCUT2D eigenvalue weighted by Gasteiger charge is -2.31. The van der Waals surface area contributed by atoms with Gasteiger partial charge >= 0.3 is 0 Å². The highest BCUT2D eigenvalue weighted by molar-refractivity contribution is 5.92. The number of aromatic nitrogens is 1. The summed E-state index contributed by atoms with van der Waals surface area (Å²) in [7, 11) is 0. The molecule has 0 spiro atoms. The van der Waals surface area contributed by atoms with Crippen LogP contribution in [0, 0.1) is 6.92 Å². The molecule has 1 aliphatic heterocycles. The Labute approximate surface area is 189 Å². The molecular formula is C27H29N3O2. The minimum atomic E-state index is -0.0278. The zero-order chi connectivity index (χ0) is 22.5. The summed E-state index contributed by atoms with van der Waals surface area (Å²) in [6, 6.07) is 20.3. The maximum atomic E-state index is 12.5. The zero-order valence-corrected chi connectivity index (χ0v) is 18.7. The van der Waals surface area contributed by atoms with Gasteiger partial charge in [0.2, 0.25) is 11.8 Å². The summed E-state index contributed by atoms with van der Waals surface area (Å²) in [6.45, 7) is 5.25. The molecule has 1 saturated heterocycles. The van der Waals surface area contributed by atoms with E-state index in [1.165, 1.54) is 5.56 Å². The number of hydrogen-bond acceptors (Lipinski definition) is 3. The predicted molar refractivity (Wildman–Crippen MR) is 127 cm³/mol. The zero-order valence-electron chi connectivity index (χ0n) is 18.7. The summed E-state index contributed by atoms with van der Waals surface area (Å²) in [5.41, 5.74) is 6.28. The SMILES string of the molecule is CC(=O)N1CCC(c2ccc(NC(=O)Cc3ccc(-c4ccnc(C)c4)cc3)cc2)CC1. The maximum Gasteiger partial charge on any atom is 0.228 e. The van der Waals surface area contributed by atoms with Crippen molar-refractivity contribution in [3.05, 3.63) is 83.7 Å². The second-order valence-electron chi connectivity index (χ2n) is 8.51. The Morgan fingerprint density at radius 1 is 0.969 bits per heavy atom. The lowest BCUT2D eigenvalue weighted by Crippen LogP contribution is -2.36. The van der Waals surface area contributed by atoms with E-state index in [9.17, 15) is 9.59 Å². The number of carbonyl (C=O) groups excluding carboxylic acids is 2. The van der Waals surface area contributed by atoms with Crippen molar-refractivity contribution in [1.82, 2.24) is 9.88 Å².